The molecule has 3 aromatic rings. The molecule has 1 aliphatic heterocycles. The molecule has 0 atom stereocenters. The van der Waals surface area contributed by atoms with E-state index in [9.17, 15) is 23.2 Å². The summed E-state index contributed by atoms with van der Waals surface area (Å²) in [6, 6.07) is 7.68. The summed E-state index contributed by atoms with van der Waals surface area (Å²) in [5, 5.41) is 13.4. The highest BCUT2D eigenvalue weighted by Gasteiger charge is 2.31. The minimum Gasteiger partial charge on any atom is -0.352 e. The highest BCUT2D eigenvalue weighted by Crippen LogP contribution is 2.29. The van der Waals surface area contributed by atoms with Crippen molar-refractivity contribution in [1.29, 1.82) is 5.26 Å². The van der Waals surface area contributed by atoms with Crippen molar-refractivity contribution in [3.8, 4) is 11.9 Å². The fraction of sp³-hybridized carbons (Fsp3) is 0.286. The number of alkyl halides is 3. The number of carbonyl (C=O) groups is 1. The van der Waals surface area contributed by atoms with Crippen molar-refractivity contribution in [1.82, 2.24) is 24.6 Å². The summed E-state index contributed by atoms with van der Waals surface area (Å²) in [5.74, 6) is 0.569. The Hall–Kier alpha value is -3.94. The Morgan fingerprint density at radius 3 is 2.47 bits per heavy atom. The number of piperazine rings is 1. The number of nitrogens with zero attached hydrogens (tertiary/aromatic N) is 7. The zero-order chi connectivity index (χ0) is 22.9. The maximum atomic E-state index is 13.0. The minimum atomic E-state index is -4.47. The SMILES string of the molecule is Cc1c(C(=O)N2CCN(c3ncccc3C#N)CC2)cnn1-c1ccc(C(F)(F)F)cn1. The first-order valence-electron chi connectivity index (χ1n) is 9.77. The average molecular weight is 441 g/mol. The number of halogens is 3. The number of hydrogen-bond acceptors (Lipinski definition) is 6. The lowest BCUT2D eigenvalue weighted by Crippen LogP contribution is -2.49. The molecule has 1 saturated heterocycles. The van der Waals surface area contributed by atoms with Crippen molar-refractivity contribution in [2.24, 2.45) is 0 Å². The summed E-state index contributed by atoms with van der Waals surface area (Å²) < 4.78 is 39.6. The van der Waals surface area contributed by atoms with Crippen LogP contribution in [0, 0.1) is 18.3 Å². The third kappa shape index (κ3) is 3.99. The van der Waals surface area contributed by atoms with Gasteiger partial charge in [-0.25, -0.2) is 14.6 Å². The minimum absolute atomic E-state index is 0.193. The lowest BCUT2D eigenvalue weighted by atomic mass is 10.2. The van der Waals surface area contributed by atoms with Crippen molar-refractivity contribution < 1.29 is 18.0 Å². The Morgan fingerprint density at radius 2 is 1.84 bits per heavy atom. The molecule has 0 spiro atoms. The molecule has 1 aliphatic rings. The van der Waals surface area contributed by atoms with Crippen LogP contribution in [0.4, 0.5) is 19.0 Å². The Bertz CT molecular complexity index is 1170. The van der Waals surface area contributed by atoms with Gasteiger partial charge in [0.05, 0.1) is 28.6 Å². The van der Waals surface area contributed by atoms with Crippen LogP contribution in [0.5, 0.6) is 0 Å². The number of rotatable bonds is 3. The number of aromatic nitrogens is 4. The van der Waals surface area contributed by atoms with Crippen LogP contribution in [0.2, 0.25) is 0 Å². The van der Waals surface area contributed by atoms with E-state index in [1.807, 2.05) is 4.90 Å². The van der Waals surface area contributed by atoms with Crippen LogP contribution in [0.3, 0.4) is 0 Å². The molecule has 0 unspecified atom stereocenters. The predicted molar refractivity (Wildman–Crippen MR) is 108 cm³/mol. The molecule has 8 nitrogen and oxygen atoms in total. The smallest absolute Gasteiger partial charge is 0.352 e. The second kappa shape index (κ2) is 8.30. The average Bonchev–Trinajstić information content (AvgIpc) is 3.19. The summed E-state index contributed by atoms with van der Waals surface area (Å²) in [4.78, 5) is 24.8. The summed E-state index contributed by atoms with van der Waals surface area (Å²) >= 11 is 0. The highest BCUT2D eigenvalue weighted by atomic mass is 19.4. The van der Waals surface area contributed by atoms with Crippen LogP contribution in [-0.2, 0) is 6.18 Å². The third-order valence-corrected chi connectivity index (χ3v) is 5.31. The number of pyridine rings is 2. The summed E-state index contributed by atoms with van der Waals surface area (Å²) in [6.45, 7) is 3.58. The molecule has 11 heteroatoms. The second-order valence-corrected chi connectivity index (χ2v) is 7.22. The topological polar surface area (TPSA) is 90.9 Å². The third-order valence-electron chi connectivity index (χ3n) is 5.31. The molecule has 3 aromatic heterocycles. The van der Waals surface area contributed by atoms with Crippen LogP contribution in [-0.4, -0.2) is 56.7 Å². The highest BCUT2D eigenvalue weighted by molar-refractivity contribution is 5.95. The van der Waals surface area contributed by atoms with Gasteiger partial charge in [0, 0.05) is 38.6 Å². The Morgan fingerprint density at radius 1 is 1.09 bits per heavy atom. The molecule has 32 heavy (non-hydrogen) atoms. The van der Waals surface area contributed by atoms with Crippen LogP contribution in [0.25, 0.3) is 5.82 Å². The standard InChI is InChI=1S/C21H18F3N7O/c1-14-17(13-28-31(14)18-5-4-16(12-27-18)21(22,23)24)20(32)30-9-7-29(8-10-30)19-15(11-25)3-2-6-26-19/h2-6,12-13H,7-10H2,1H3. The lowest BCUT2D eigenvalue weighted by Gasteiger charge is -2.35. The van der Waals surface area contributed by atoms with Crippen molar-refractivity contribution in [2.75, 3.05) is 31.1 Å². The van der Waals surface area contributed by atoms with E-state index in [0.29, 0.717) is 48.8 Å². The van der Waals surface area contributed by atoms with E-state index in [-0.39, 0.29) is 11.7 Å². The molecule has 0 aromatic carbocycles. The molecule has 0 radical (unpaired) electrons. The number of hydrogen-bond donors (Lipinski definition) is 0. The van der Waals surface area contributed by atoms with Gasteiger partial charge in [0.15, 0.2) is 5.82 Å². The largest absolute Gasteiger partial charge is 0.417 e. The monoisotopic (exact) mass is 441 g/mol. The molecule has 1 amide bonds. The van der Waals surface area contributed by atoms with Crippen LogP contribution in [0.1, 0.15) is 27.2 Å². The van der Waals surface area contributed by atoms with E-state index >= 15 is 0 Å². The van der Waals surface area contributed by atoms with Gasteiger partial charge in [0.2, 0.25) is 0 Å². The molecular formula is C21H18F3N7O. The molecular weight excluding hydrogens is 423 g/mol. The fourth-order valence-corrected chi connectivity index (χ4v) is 3.56. The second-order valence-electron chi connectivity index (χ2n) is 7.22. The maximum Gasteiger partial charge on any atom is 0.417 e. The predicted octanol–water partition coefficient (Wildman–Crippen LogP) is 2.82. The maximum absolute atomic E-state index is 13.0. The molecule has 0 saturated carbocycles. The van der Waals surface area contributed by atoms with Crippen LogP contribution >= 0.6 is 0 Å². The van der Waals surface area contributed by atoms with E-state index in [1.54, 1.807) is 30.2 Å². The van der Waals surface area contributed by atoms with Gasteiger partial charge in [-0.15, -0.1) is 0 Å². The van der Waals surface area contributed by atoms with Gasteiger partial charge in [-0.05, 0) is 31.2 Å². The Labute approximate surface area is 181 Å². The van der Waals surface area contributed by atoms with E-state index in [2.05, 4.69) is 21.1 Å². The number of amides is 1. The van der Waals surface area contributed by atoms with E-state index in [4.69, 9.17) is 0 Å². The number of anilines is 1. The first-order valence-corrected chi connectivity index (χ1v) is 9.77. The molecule has 0 aliphatic carbocycles. The van der Waals surface area contributed by atoms with Crippen molar-refractivity contribution >= 4 is 11.7 Å². The molecule has 0 bridgehead atoms. The lowest BCUT2D eigenvalue weighted by molar-refractivity contribution is -0.137. The van der Waals surface area contributed by atoms with Gasteiger partial charge in [-0.2, -0.15) is 23.5 Å². The summed E-state index contributed by atoms with van der Waals surface area (Å²) in [5.41, 5.74) is 0.470. The van der Waals surface area contributed by atoms with E-state index in [0.717, 1.165) is 12.3 Å². The van der Waals surface area contributed by atoms with Gasteiger partial charge < -0.3 is 9.80 Å². The summed E-state index contributed by atoms with van der Waals surface area (Å²) in [6.07, 6.45) is -0.710. The molecule has 0 N–H and O–H groups in total. The van der Waals surface area contributed by atoms with Crippen molar-refractivity contribution in [3.05, 3.63) is 65.2 Å². The van der Waals surface area contributed by atoms with Gasteiger partial charge in [-0.3, -0.25) is 4.79 Å². The number of nitriles is 1. The van der Waals surface area contributed by atoms with Gasteiger partial charge in [-0.1, -0.05) is 0 Å². The molecule has 164 valence electrons. The normalized spacial score (nSPS) is 14.3. The van der Waals surface area contributed by atoms with E-state index in [1.165, 1.54) is 16.9 Å². The molecule has 4 heterocycles. The number of carbonyl (C=O) groups excluding carboxylic acids is 1. The van der Waals surface area contributed by atoms with Gasteiger partial charge in [0.1, 0.15) is 11.9 Å². The van der Waals surface area contributed by atoms with Gasteiger partial charge in [0.25, 0.3) is 5.91 Å². The molecule has 1 fully saturated rings. The van der Waals surface area contributed by atoms with Gasteiger partial charge >= 0.3 is 6.18 Å². The van der Waals surface area contributed by atoms with E-state index < -0.39 is 11.7 Å². The molecule has 4 rings (SSSR count). The van der Waals surface area contributed by atoms with Crippen molar-refractivity contribution in [3.63, 3.8) is 0 Å². The van der Waals surface area contributed by atoms with Crippen LogP contribution < -0.4 is 4.90 Å². The fourth-order valence-electron chi connectivity index (χ4n) is 3.56. The zero-order valence-electron chi connectivity index (χ0n) is 17.0. The first kappa shape index (κ1) is 21.3. The quantitative estimate of drug-likeness (QED) is 0.621. The van der Waals surface area contributed by atoms with Crippen LogP contribution in [0.15, 0.2) is 42.9 Å². The zero-order valence-corrected chi connectivity index (χ0v) is 17.0. The Balaban J connectivity index is 1.47. The first-order chi connectivity index (χ1) is 15.3. The summed E-state index contributed by atoms with van der Waals surface area (Å²) in [7, 11) is 0. The van der Waals surface area contributed by atoms with Crippen molar-refractivity contribution in [2.45, 2.75) is 13.1 Å². The Kier molecular flexibility index (Phi) is 5.52.